The van der Waals surface area contributed by atoms with Gasteiger partial charge in [0.05, 0.1) is 17.7 Å². The fourth-order valence-corrected chi connectivity index (χ4v) is 3.76. The van der Waals surface area contributed by atoms with Crippen molar-refractivity contribution in [2.24, 2.45) is 0 Å². The van der Waals surface area contributed by atoms with Crippen LogP contribution in [0.15, 0.2) is 59.8 Å². The number of ether oxygens (including phenoxy) is 1. The molecule has 1 atom stereocenters. The number of nitrogens with zero attached hydrogens (tertiary/aromatic N) is 1. The molecular formula is C26H32N4O4. The predicted octanol–water partition coefficient (Wildman–Crippen LogP) is 5.34. The number of esters is 1. The van der Waals surface area contributed by atoms with Gasteiger partial charge >= 0.3 is 18.0 Å². The highest BCUT2D eigenvalue weighted by Crippen LogP contribution is 2.32. The van der Waals surface area contributed by atoms with Gasteiger partial charge in [-0.25, -0.2) is 14.4 Å². The summed E-state index contributed by atoms with van der Waals surface area (Å²) in [6.07, 6.45) is 0.469. The Morgan fingerprint density at radius 3 is 2.09 bits per heavy atom. The molecule has 0 aliphatic carbocycles. The van der Waals surface area contributed by atoms with Gasteiger partial charge in [0, 0.05) is 23.6 Å². The Hall–Kier alpha value is -3.81. The zero-order valence-electron chi connectivity index (χ0n) is 20.3. The van der Waals surface area contributed by atoms with Crippen molar-refractivity contribution in [1.82, 2.24) is 10.2 Å². The van der Waals surface area contributed by atoms with Crippen molar-refractivity contribution >= 4 is 29.4 Å². The van der Waals surface area contributed by atoms with Crippen LogP contribution >= 0.6 is 0 Å². The van der Waals surface area contributed by atoms with Gasteiger partial charge in [-0.1, -0.05) is 36.8 Å². The van der Waals surface area contributed by atoms with Gasteiger partial charge in [-0.3, -0.25) is 4.90 Å². The van der Waals surface area contributed by atoms with Gasteiger partial charge in [-0.15, -0.1) is 0 Å². The average Bonchev–Trinajstić information content (AvgIpc) is 2.77. The van der Waals surface area contributed by atoms with E-state index in [1.165, 1.54) is 0 Å². The SMILES string of the molecule is CCCN1C(=O)NC(c2ccc(NC(=O)Nc3ccc(C)cc3)cc2)C(C(=O)OC(C)C)=C1C. The fourth-order valence-electron chi connectivity index (χ4n) is 3.76. The minimum absolute atomic E-state index is 0.259. The highest BCUT2D eigenvalue weighted by molar-refractivity contribution is 6.00. The summed E-state index contributed by atoms with van der Waals surface area (Å²) < 4.78 is 5.47. The van der Waals surface area contributed by atoms with E-state index in [1.54, 1.807) is 49.9 Å². The first-order chi connectivity index (χ1) is 16.2. The predicted molar refractivity (Wildman–Crippen MR) is 132 cm³/mol. The summed E-state index contributed by atoms with van der Waals surface area (Å²) in [6.45, 7) is 9.79. The van der Waals surface area contributed by atoms with Crippen LogP contribution in [0.4, 0.5) is 21.0 Å². The molecule has 3 N–H and O–H groups in total. The fraction of sp³-hybridized carbons (Fsp3) is 0.346. The highest BCUT2D eigenvalue weighted by Gasteiger charge is 2.36. The molecule has 0 fully saturated rings. The number of anilines is 2. The number of carbonyl (C=O) groups excluding carboxylic acids is 3. The summed E-state index contributed by atoms with van der Waals surface area (Å²) in [7, 11) is 0. The molecule has 8 heteroatoms. The zero-order valence-corrected chi connectivity index (χ0v) is 20.3. The van der Waals surface area contributed by atoms with Crippen LogP contribution in [0.2, 0.25) is 0 Å². The molecule has 8 nitrogen and oxygen atoms in total. The maximum Gasteiger partial charge on any atom is 0.338 e. The summed E-state index contributed by atoms with van der Waals surface area (Å²) >= 11 is 0. The van der Waals surface area contributed by atoms with Gasteiger partial charge in [-0.05, 0) is 63.9 Å². The molecule has 34 heavy (non-hydrogen) atoms. The highest BCUT2D eigenvalue weighted by atomic mass is 16.5. The van der Waals surface area contributed by atoms with Crippen molar-refractivity contribution in [3.8, 4) is 0 Å². The summed E-state index contributed by atoms with van der Waals surface area (Å²) in [5.74, 6) is -0.460. The van der Waals surface area contributed by atoms with E-state index in [9.17, 15) is 14.4 Å². The Balaban J connectivity index is 1.80. The molecule has 3 rings (SSSR count). The number of urea groups is 2. The molecule has 2 aromatic rings. The standard InChI is InChI=1S/C26H32N4O4/c1-6-15-30-18(5)22(24(31)34-16(2)3)23(29-26(30)33)19-9-13-21(14-10-19)28-25(32)27-20-11-7-17(4)8-12-20/h7-14,16,23H,6,15H2,1-5H3,(H,29,33)(H2,27,28,32). The Bertz CT molecular complexity index is 1070. The van der Waals surface area contributed by atoms with E-state index in [0.717, 1.165) is 12.0 Å². The number of aryl methyl sites for hydroxylation is 1. The number of hydrogen-bond acceptors (Lipinski definition) is 4. The summed E-state index contributed by atoms with van der Waals surface area (Å²) in [5, 5.41) is 8.50. The van der Waals surface area contributed by atoms with Crippen LogP contribution in [-0.2, 0) is 9.53 Å². The van der Waals surface area contributed by atoms with Gasteiger partial charge in [-0.2, -0.15) is 0 Å². The number of allylic oxidation sites excluding steroid dienone is 1. The van der Waals surface area contributed by atoms with Crippen LogP contribution in [0, 0.1) is 6.92 Å². The quantitative estimate of drug-likeness (QED) is 0.482. The maximum atomic E-state index is 12.9. The molecule has 1 unspecified atom stereocenters. The second-order valence-electron chi connectivity index (χ2n) is 8.55. The summed E-state index contributed by atoms with van der Waals surface area (Å²) in [4.78, 5) is 39.6. The van der Waals surface area contributed by atoms with Crippen molar-refractivity contribution in [3.05, 3.63) is 70.9 Å². The monoisotopic (exact) mass is 464 g/mol. The van der Waals surface area contributed by atoms with Crippen molar-refractivity contribution in [2.75, 3.05) is 17.2 Å². The minimum Gasteiger partial charge on any atom is -0.459 e. The van der Waals surface area contributed by atoms with E-state index >= 15 is 0 Å². The first kappa shape index (κ1) is 24.8. The first-order valence-corrected chi connectivity index (χ1v) is 11.4. The number of carbonyl (C=O) groups is 3. The second kappa shape index (κ2) is 10.9. The number of nitrogens with one attached hydrogen (secondary N) is 3. The van der Waals surface area contributed by atoms with Crippen LogP contribution in [0.1, 0.15) is 51.3 Å². The lowest BCUT2D eigenvalue weighted by Crippen LogP contribution is -2.48. The van der Waals surface area contributed by atoms with E-state index in [-0.39, 0.29) is 18.2 Å². The molecule has 4 amide bonds. The van der Waals surface area contributed by atoms with Crippen LogP contribution < -0.4 is 16.0 Å². The smallest absolute Gasteiger partial charge is 0.338 e. The van der Waals surface area contributed by atoms with E-state index in [4.69, 9.17) is 4.74 Å². The van der Waals surface area contributed by atoms with Crippen LogP contribution in [0.5, 0.6) is 0 Å². The molecule has 0 spiro atoms. The van der Waals surface area contributed by atoms with Gasteiger partial charge in [0.25, 0.3) is 0 Å². The lowest BCUT2D eigenvalue weighted by Gasteiger charge is -2.35. The van der Waals surface area contributed by atoms with Crippen molar-refractivity contribution < 1.29 is 19.1 Å². The molecule has 0 saturated heterocycles. The molecule has 0 aromatic heterocycles. The van der Waals surface area contributed by atoms with E-state index < -0.39 is 12.0 Å². The molecule has 0 radical (unpaired) electrons. The average molecular weight is 465 g/mol. The molecule has 0 bridgehead atoms. The van der Waals surface area contributed by atoms with Crippen LogP contribution in [0.25, 0.3) is 0 Å². The molecular weight excluding hydrogens is 432 g/mol. The number of hydrogen-bond donors (Lipinski definition) is 3. The molecule has 1 aliphatic rings. The van der Waals surface area contributed by atoms with Gasteiger partial charge in [0.1, 0.15) is 0 Å². The van der Waals surface area contributed by atoms with E-state index in [2.05, 4.69) is 16.0 Å². The largest absolute Gasteiger partial charge is 0.459 e. The number of amides is 4. The van der Waals surface area contributed by atoms with Gasteiger partial charge in [0.15, 0.2) is 0 Å². The molecule has 180 valence electrons. The van der Waals surface area contributed by atoms with Gasteiger partial charge in [0.2, 0.25) is 0 Å². The number of benzene rings is 2. The Morgan fingerprint density at radius 1 is 1.00 bits per heavy atom. The minimum atomic E-state index is -0.651. The van der Waals surface area contributed by atoms with Crippen LogP contribution in [-0.4, -0.2) is 35.6 Å². The summed E-state index contributed by atoms with van der Waals surface area (Å²) in [5.41, 5.74) is 4.07. The zero-order chi connectivity index (χ0) is 24.8. The first-order valence-electron chi connectivity index (χ1n) is 11.4. The third-order valence-electron chi connectivity index (χ3n) is 5.42. The second-order valence-corrected chi connectivity index (χ2v) is 8.55. The van der Waals surface area contributed by atoms with E-state index in [0.29, 0.717) is 34.8 Å². The Kier molecular flexibility index (Phi) is 7.94. The third kappa shape index (κ3) is 5.95. The van der Waals surface area contributed by atoms with Crippen LogP contribution in [0.3, 0.4) is 0 Å². The van der Waals surface area contributed by atoms with E-state index in [1.807, 2.05) is 38.1 Å². The normalized spacial score (nSPS) is 15.8. The third-order valence-corrected chi connectivity index (χ3v) is 5.42. The summed E-state index contributed by atoms with van der Waals surface area (Å²) in [6, 6.07) is 13.2. The molecule has 1 heterocycles. The van der Waals surface area contributed by atoms with Crippen molar-refractivity contribution in [3.63, 3.8) is 0 Å². The Morgan fingerprint density at radius 2 is 1.56 bits per heavy atom. The maximum absolute atomic E-state index is 12.9. The molecule has 1 aliphatic heterocycles. The Labute approximate surface area is 200 Å². The number of rotatable bonds is 7. The van der Waals surface area contributed by atoms with Crippen molar-refractivity contribution in [1.29, 1.82) is 0 Å². The van der Waals surface area contributed by atoms with Gasteiger partial charge < -0.3 is 20.7 Å². The lowest BCUT2D eigenvalue weighted by atomic mass is 9.94. The topological polar surface area (TPSA) is 99.8 Å². The lowest BCUT2D eigenvalue weighted by molar-refractivity contribution is -0.143. The molecule has 2 aromatic carbocycles. The molecule has 0 saturated carbocycles. The van der Waals surface area contributed by atoms with Crippen molar-refractivity contribution in [2.45, 2.75) is 53.2 Å².